The Morgan fingerprint density at radius 3 is 2.67 bits per heavy atom. The molecule has 1 aromatic heterocycles. The number of carbonyl (C=O) groups is 1. The number of halogens is 1. The van der Waals surface area contributed by atoms with E-state index in [1.807, 2.05) is 24.3 Å². The molecule has 0 unspecified atom stereocenters. The Kier molecular flexibility index (Phi) is 4.92. The Bertz CT molecular complexity index is 950. The Hall–Kier alpha value is -2.70. The molecule has 6 heteroatoms. The molecular weight excluding hydrogens is 343 g/mol. The van der Waals surface area contributed by atoms with Crippen molar-refractivity contribution in [1.29, 1.82) is 0 Å². The lowest BCUT2D eigenvalue weighted by Gasteiger charge is -2.11. The summed E-state index contributed by atoms with van der Waals surface area (Å²) in [5.41, 5.74) is 9.02. The summed E-state index contributed by atoms with van der Waals surface area (Å²) < 4.78 is 13.1. The van der Waals surface area contributed by atoms with Gasteiger partial charge in [-0.3, -0.25) is 4.79 Å². The zero-order valence-electron chi connectivity index (χ0n) is 15.0. The van der Waals surface area contributed by atoms with Crippen LogP contribution in [-0.4, -0.2) is 36.6 Å². The number of hydrogen-bond acceptors (Lipinski definition) is 3. The van der Waals surface area contributed by atoms with Crippen LogP contribution in [0.5, 0.6) is 0 Å². The van der Waals surface area contributed by atoms with E-state index in [-0.39, 0.29) is 17.8 Å². The van der Waals surface area contributed by atoms with Gasteiger partial charge in [-0.1, -0.05) is 24.3 Å². The molecule has 2 atom stereocenters. The molecule has 1 aliphatic rings. The van der Waals surface area contributed by atoms with E-state index in [9.17, 15) is 9.18 Å². The highest BCUT2D eigenvalue weighted by Crippen LogP contribution is 2.25. The summed E-state index contributed by atoms with van der Waals surface area (Å²) in [6.07, 6.45) is 0.991. The van der Waals surface area contributed by atoms with Crippen molar-refractivity contribution in [3.63, 3.8) is 0 Å². The molecule has 1 amide bonds. The number of hydrogen-bond donors (Lipinski definition) is 4. The van der Waals surface area contributed by atoms with Crippen LogP contribution in [0.3, 0.4) is 0 Å². The first kappa shape index (κ1) is 17.7. The van der Waals surface area contributed by atoms with Crippen molar-refractivity contribution in [3.05, 3.63) is 60.0 Å². The third-order valence-corrected chi connectivity index (χ3v) is 5.20. The van der Waals surface area contributed by atoms with Crippen LogP contribution >= 0.6 is 0 Å². The minimum atomic E-state index is -0.256. The monoisotopic (exact) mass is 366 g/mol. The highest BCUT2D eigenvalue weighted by atomic mass is 19.1. The molecular formula is C21H23FN4O. The van der Waals surface area contributed by atoms with Gasteiger partial charge >= 0.3 is 0 Å². The lowest BCUT2D eigenvalue weighted by molar-refractivity contribution is 0.0946. The second-order valence-electron chi connectivity index (χ2n) is 7.14. The minimum Gasteiger partial charge on any atom is -0.351 e. The van der Waals surface area contributed by atoms with E-state index in [4.69, 9.17) is 5.73 Å². The summed E-state index contributed by atoms with van der Waals surface area (Å²) in [4.78, 5) is 15.7. The van der Waals surface area contributed by atoms with E-state index in [0.717, 1.165) is 35.0 Å². The number of H-pyrrole nitrogens is 1. The largest absolute Gasteiger partial charge is 0.351 e. The van der Waals surface area contributed by atoms with Gasteiger partial charge in [0.25, 0.3) is 5.91 Å². The van der Waals surface area contributed by atoms with Crippen LogP contribution in [-0.2, 0) is 0 Å². The summed E-state index contributed by atoms with van der Waals surface area (Å²) in [6, 6.07) is 14.4. The van der Waals surface area contributed by atoms with Gasteiger partial charge in [-0.15, -0.1) is 0 Å². The molecule has 0 bridgehead atoms. The van der Waals surface area contributed by atoms with Gasteiger partial charge < -0.3 is 21.4 Å². The van der Waals surface area contributed by atoms with Crippen molar-refractivity contribution < 1.29 is 9.18 Å². The third kappa shape index (κ3) is 3.86. The quantitative estimate of drug-likeness (QED) is 0.560. The second kappa shape index (κ2) is 7.50. The fraction of sp³-hybridized carbons (Fsp3) is 0.286. The number of benzene rings is 2. The summed E-state index contributed by atoms with van der Waals surface area (Å²) in [5, 5.41) is 7.34. The average molecular weight is 366 g/mol. The van der Waals surface area contributed by atoms with Crippen LogP contribution in [0.1, 0.15) is 16.9 Å². The number of carbonyl (C=O) groups excluding carboxylic acids is 1. The summed E-state index contributed by atoms with van der Waals surface area (Å²) in [7, 11) is 0. The Labute approximate surface area is 157 Å². The van der Waals surface area contributed by atoms with Crippen molar-refractivity contribution >= 4 is 16.8 Å². The van der Waals surface area contributed by atoms with E-state index in [0.29, 0.717) is 24.7 Å². The Morgan fingerprint density at radius 1 is 1.15 bits per heavy atom. The number of aromatic amines is 1. The molecule has 0 saturated carbocycles. The Balaban J connectivity index is 1.46. The van der Waals surface area contributed by atoms with Crippen molar-refractivity contribution in [3.8, 4) is 11.1 Å². The molecule has 0 spiro atoms. The molecule has 0 aliphatic carbocycles. The van der Waals surface area contributed by atoms with Gasteiger partial charge in [0.05, 0.1) is 0 Å². The van der Waals surface area contributed by atoms with Gasteiger partial charge in [0.1, 0.15) is 11.5 Å². The number of aromatic nitrogens is 1. The second-order valence-corrected chi connectivity index (χ2v) is 7.14. The maximum atomic E-state index is 13.1. The van der Waals surface area contributed by atoms with Gasteiger partial charge in [0, 0.05) is 23.5 Å². The summed E-state index contributed by atoms with van der Waals surface area (Å²) >= 11 is 0. The molecule has 27 heavy (non-hydrogen) atoms. The highest BCUT2D eigenvalue weighted by Gasteiger charge is 2.23. The van der Waals surface area contributed by atoms with E-state index in [1.165, 1.54) is 12.1 Å². The zero-order valence-corrected chi connectivity index (χ0v) is 15.0. The number of rotatable bonds is 5. The van der Waals surface area contributed by atoms with Gasteiger partial charge in [-0.2, -0.15) is 0 Å². The van der Waals surface area contributed by atoms with Crippen LogP contribution in [0.25, 0.3) is 22.0 Å². The average Bonchev–Trinajstić information content (AvgIpc) is 3.32. The zero-order chi connectivity index (χ0) is 18.8. The first-order chi connectivity index (χ1) is 13.1. The first-order valence-electron chi connectivity index (χ1n) is 9.23. The van der Waals surface area contributed by atoms with Crippen molar-refractivity contribution in [2.75, 3.05) is 19.6 Å². The SMILES string of the molecule is NC[C@H]1CN[C@@H](CNC(=O)c2cc3ccc(-c4ccc(F)cc4)cc3[nH]2)C1. The fourth-order valence-corrected chi connectivity index (χ4v) is 3.62. The van der Waals surface area contributed by atoms with Gasteiger partial charge in [-0.25, -0.2) is 4.39 Å². The van der Waals surface area contributed by atoms with E-state index < -0.39 is 0 Å². The molecule has 4 rings (SSSR count). The molecule has 5 nitrogen and oxygen atoms in total. The van der Waals surface area contributed by atoms with Crippen molar-refractivity contribution in [1.82, 2.24) is 15.6 Å². The van der Waals surface area contributed by atoms with Crippen LogP contribution in [0.15, 0.2) is 48.5 Å². The van der Waals surface area contributed by atoms with Crippen molar-refractivity contribution in [2.24, 2.45) is 11.7 Å². The van der Waals surface area contributed by atoms with Crippen LogP contribution in [0, 0.1) is 11.7 Å². The van der Waals surface area contributed by atoms with Crippen LogP contribution in [0.4, 0.5) is 4.39 Å². The number of nitrogens with one attached hydrogen (secondary N) is 3. The van der Waals surface area contributed by atoms with Crippen LogP contribution < -0.4 is 16.4 Å². The molecule has 0 radical (unpaired) electrons. The first-order valence-corrected chi connectivity index (χ1v) is 9.23. The number of fused-ring (bicyclic) bond motifs is 1. The molecule has 1 aliphatic heterocycles. The van der Waals surface area contributed by atoms with Gasteiger partial charge in [-0.05, 0) is 60.8 Å². The maximum absolute atomic E-state index is 13.1. The maximum Gasteiger partial charge on any atom is 0.267 e. The topological polar surface area (TPSA) is 82.9 Å². The van der Waals surface area contributed by atoms with Crippen molar-refractivity contribution in [2.45, 2.75) is 12.5 Å². The van der Waals surface area contributed by atoms with E-state index in [2.05, 4.69) is 15.6 Å². The lowest BCUT2D eigenvalue weighted by atomic mass is 10.0. The number of amides is 1. The van der Waals surface area contributed by atoms with Gasteiger partial charge in [0.15, 0.2) is 0 Å². The minimum absolute atomic E-state index is 0.118. The standard InChI is InChI=1S/C21H23FN4O/c22-17-5-3-14(4-6-17)15-1-2-16-9-20(26-19(16)8-15)21(27)25-12-18-7-13(10-23)11-24-18/h1-6,8-9,13,18,24,26H,7,10-12,23H2,(H,25,27)/t13-,18+/m0/s1. The molecule has 5 N–H and O–H groups in total. The van der Waals surface area contributed by atoms with Gasteiger partial charge in [0.2, 0.25) is 0 Å². The van der Waals surface area contributed by atoms with Crippen LogP contribution in [0.2, 0.25) is 0 Å². The lowest BCUT2D eigenvalue weighted by Crippen LogP contribution is -2.37. The molecule has 140 valence electrons. The molecule has 2 aromatic carbocycles. The molecule has 1 saturated heterocycles. The fourth-order valence-electron chi connectivity index (χ4n) is 3.62. The predicted molar refractivity (Wildman–Crippen MR) is 105 cm³/mol. The van der Waals surface area contributed by atoms with E-state index in [1.54, 1.807) is 12.1 Å². The van der Waals surface area contributed by atoms with E-state index >= 15 is 0 Å². The Morgan fingerprint density at radius 2 is 1.93 bits per heavy atom. The molecule has 1 fully saturated rings. The third-order valence-electron chi connectivity index (χ3n) is 5.20. The predicted octanol–water partition coefficient (Wildman–Crippen LogP) is 2.64. The number of nitrogens with two attached hydrogens (primary N) is 1. The molecule has 3 aromatic rings. The summed E-state index contributed by atoms with van der Waals surface area (Å²) in [5.74, 6) is 0.116. The smallest absolute Gasteiger partial charge is 0.267 e. The summed E-state index contributed by atoms with van der Waals surface area (Å²) in [6.45, 7) is 2.18. The normalized spacial score (nSPS) is 19.5. The molecule has 2 heterocycles. The highest BCUT2D eigenvalue weighted by molar-refractivity contribution is 5.98.